The van der Waals surface area contributed by atoms with Crippen molar-refractivity contribution in [2.75, 3.05) is 5.32 Å². The molecule has 2 aromatic carbocycles. The standard InChI is InChI=1S/C17H15ClN2O/c1-11-3-5-14(18)10-15(11)19-17(21)13-4-6-16-12(9-13)7-8-20(16)2/h3-10H,1-2H3,(H,19,21). The second kappa shape index (κ2) is 5.26. The number of aromatic nitrogens is 1. The van der Waals surface area contributed by atoms with Gasteiger partial charge in [-0.15, -0.1) is 0 Å². The van der Waals surface area contributed by atoms with Crippen molar-refractivity contribution < 1.29 is 4.79 Å². The lowest BCUT2D eigenvalue weighted by molar-refractivity contribution is 0.102. The number of amides is 1. The van der Waals surface area contributed by atoms with Crippen LogP contribution in [0.1, 0.15) is 15.9 Å². The van der Waals surface area contributed by atoms with Crippen LogP contribution >= 0.6 is 11.6 Å². The lowest BCUT2D eigenvalue weighted by atomic mass is 10.1. The molecule has 0 unspecified atom stereocenters. The highest BCUT2D eigenvalue weighted by molar-refractivity contribution is 6.31. The Balaban J connectivity index is 1.91. The summed E-state index contributed by atoms with van der Waals surface area (Å²) in [6, 6.07) is 13.1. The number of aryl methyl sites for hydroxylation is 2. The van der Waals surface area contributed by atoms with Crippen LogP contribution in [0.2, 0.25) is 5.02 Å². The van der Waals surface area contributed by atoms with Gasteiger partial charge in [-0.1, -0.05) is 17.7 Å². The first-order valence-electron chi connectivity index (χ1n) is 6.67. The van der Waals surface area contributed by atoms with E-state index in [1.165, 1.54) is 0 Å². The zero-order valence-corrected chi connectivity index (χ0v) is 12.6. The Bertz CT molecular complexity index is 836. The van der Waals surface area contributed by atoms with Gasteiger partial charge in [0.2, 0.25) is 0 Å². The van der Waals surface area contributed by atoms with Gasteiger partial charge in [-0.2, -0.15) is 0 Å². The molecular weight excluding hydrogens is 284 g/mol. The van der Waals surface area contributed by atoms with Gasteiger partial charge < -0.3 is 9.88 Å². The van der Waals surface area contributed by atoms with Gasteiger partial charge in [-0.05, 0) is 48.9 Å². The number of anilines is 1. The largest absolute Gasteiger partial charge is 0.351 e. The second-order valence-corrected chi connectivity index (χ2v) is 5.55. The van der Waals surface area contributed by atoms with Gasteiger partial charge in [-0.25, -0.2) is 0 Å². The maximum Gasteiger partial charge on any atom is 0.255 e. The summed E-state index contributed by atoms with van der Waals surface area (Å²) in [5.74, 6) is -0.133. The summed E-state index contributed by atoms with van der Waals surface area (Å²) in [6.07, 6.45) is 1.98. The summed E-state index contributed by atoms with van der Waals surface area (Å²) in [5, 5.41) is 4.56. The third-order valence-electron chi connectivity index (χ3n) is 3.60. The monoisotopic (exact) mass is 298 g/mol. The maximum absolute atomic E-state index is 12.4. The van der Waals surface area contributed by atoms with Crippen LogP contribution in [-0.4, -0.2) is 10.5 Å². The lowest BCUT2D eigenvalue weighted by Crippen LogP contribution is -2.12. The molecule has 1 heterocycles. The molecule has 1 aromatic heterocycles. The number of halogens is 1. The third-order valence-corrected chi connectivity index (χ3v) is 3.83. The molecule has 0 spiro atoms. The van der Waals surface area contributed by atoms with Crippen LogP contribution in [0.3, 0.4) is 0 Å². The minimum absolute atomic E-state index is 0.133. The van der Waals surface area contributed by atoms with Crippen molar-refractivity contribution in [3.8, 4) is 0 Å². The van der Waals surface area contributed by atoms with Gasteiger partial charge in [0, 0.05) is 40.4 Å². The molecule has 0 aliphatic rings. The van der Waals surface area contributed by atoms with Gasteiger partial charge >= 0.3 is 0 Å². The molecule has 0 atom stereocenters. The van der Waals surface area contributed by atoms with Crippen molar-refractivity contribution in [3.63, 3.8) is 0 Å². The van der Waals surface area contributed by atoms with Crippen molar-refractivity contribution in [1.29, 1.82) is 0 Å². The summed E-state index contributed by atoms with van der Waals surface area (Å²) >= 11 is 5.97. The summed E-state index contributed by atoms with van der Waals surface area (Å²) < 4.78 is 2.03. The van der Waals surface area contributed by atoms with E-state index in [2.05, 4.69) is 5.32 Å². The van der Waals surface area contributed by atoms with E-state index in [0.717, 1.165) is 22.2 Å². The number of carbonyl (C=O) groups is 1. The molecule has 1 amide bonds. The smallest absolute Gasteiger partial charge is 0.255 e. The second-order valence-electron chi connectivity index (χ2n) is 5.11. The summed E-state index contributed by atoms with van der Waals surface area (Å²) in [7, 11) is 1.98. The molecule has 3 rings (SSSR count). The quantitative estimate of drug-likeness (QED) is 0.748. The molecule has 0 aliphatic heterocycles. The highest BCUT2D eigenvalue weighted by Crippen LogP contribution is 2.22. The molecule has 3 aromatic rings. The fourth-order valence-corrected chi connectivity index (χ4v) is 2.52. The van der Waals surface area contributed by atoms with Crippen molar-refractivity contribution in [2.24, 2.45) is 7.05 Å². The summed E-state index contributed by atoms with van der Waals surface area (Å²) in [6.45, 7) is 1.94. The Hall–Kier alpha value is -2.26. The van der Waals surface area contributed by atoms with E-state index in [1.54, 1.807) is 6.07 Å². The van der Waals surface area contributed by atoms with E-state index < -0.39 is 0 Å². The predicted octanol–water partition coefficient (Wildman–Crippen LogP) is 4.39. The number of benzene rings is 2. The van der Waals surface area contributed by atoms with Gasteiger partial charge in [0.05, 0.1) is 0 Å². The van der Waals surface area contributed by atoms with Crippen molar-refractivity contribution in [3.05, 3.63) is 64.8 Å². The Morgan fingerprint density at radius 2 is 1.95 bits per heavy atom. The molecule has 21 heavy (non-hydrogen) atoms. The first-order chi connectivity index (χ1) is 10.0. The SMILES string of the molecule is Cc1ccc(Cl)cc1NC(=O)c1ccc2c(ccn2C)c1. The van der Waals surface area contributed by atoms with Crippen molar-refractivity contribution in [1.82, 2.24) is 4.57 Å². The molecule has 0 fully saturated rings. The van der Waals surface area contributed by atoms with Gasteiger partial charge in [-0.3, -0.25) is 4.79 Å². The highest BCUT2D eigenvalue weighted by Gasteiger charge is 2.09. The molecule has 106 valence electrons. The first-order valence-corrected chi connectivity index (χ1v) is 7.05. The van der Waals surface area contributed by atoms with E-state index >= 15 is 0 Å². The molecule has 0 bridgehead atoms. The van der Waals surface area contributed by atoms with Crippen LogP contribution in [0.25, 0.3) is 10.9 Å². The molecule has 1 N–H and O–H groups in total. The zero-order valence-electron chi connectivity index (χ0n) is 11.9. The minimum Gasteiger partial charge on any atom is -0.351 e. The molecule has 0 radical (unpaired) electrons. The van der Waals surface area contributed by atoms with Gasteiger partial charge in [0.15, 0.2) is 0 Å². The summed E-state index contributed by atoms with van der Waals surface area (Å²) in [4.78, 5) is 12.4. The number of nitrogens with zero attached hydrogens (tertiary/aromatic N) is 1. The van der Waals surface area contributed by atoms with E-state index in [9.17, 15) is 4.79 Å². The van der Waals surface area contributed by atoms with Gasteiger partial charge in [0.1, 0.15) is 0 Å². The number of nitrogens with one attached hydrogen (secondary N) is 1. The predicted molar refractivity (Wildman–Crippen MR) is 87.1 cm³/mol. The number of carbonyl (C=O) groups excluding carboxylic acids is 1. The number of hydrogen-bond acceptors (Lipinski definition) is 1. The van der Waals surface area contributed by atoms with E-state index in [4.69, 9.17) is 11.6 Å². The van der Waals surface area contributed by atoms with Crippen molar-refractivity contribution in [2.45, 2.75) is 6.92 Å². The van der Waals surface area contributed by atoms with Crippen LogP contribution in [0.4, 0.5) is 5.69 Å². The Kier molecular flexibility index (Phi) is 3.43. The maximum atomic E-state index is 12.4. The van der Waals surface area contributed by atoms with Crippen LogP contribution in [0.5, 0.6) is 0 Å². The Morgan fingerprint density at radius 3 is 2.76 bits per heavy atom. The molecule has 0 saturated carbocycles. The molecular formula is C17H15ClN2O. The van der Waals surface area contributed by atoms with Gasteiger partial charge in [0.25, 0.3) is 5.91 Å². The third kappa shape index (κ3) is 2.65. The van der Waals surface area contributed by atoms with E-state index in [-0.39, 0.29) is 5.91 Å². The van der Waals surface area contributed by atoms with Crippen LogP contribution in [0.15, 0.2) is 48.7 Å². The van der Waals surface area contributed by atoms with Crippen LogP contribution < -0.4 is 5.32 Å². The Labute approximate surface area is 128 Å². The fourth-order valence-electron chi connectivity index (χ4n) is 2.35. The number of rotatable bonds is 2. The zero-order chi connectivity index (χ0) is 15.0. The molecule has 4 heteroatoms. The lowest BCUT2D eigenvalue weighted by Gasteiger charge is -2.09. The fraction of sp³-hybridized carbons (Fsp3) is 0.118. The summed E-state index contributed by atoms with van der Waals surface area (Å²) in [5.41, 5.74) is 3.45. The van der Waals surface area contributed by atoms with Crippen LogP contribution in [0, 0.1) is 6.92 Å². The Morgan fingerprint density at radius 1 is 1.14 bits per heavy atom. The normalized spacial score (nSPS) is 10.8. The topological polar surface area (TPSA) is 34.0 Å². The molecule has 0 saturated heterocycles. The number of hydrogen-bond donors (Lipinski definition) is 1. The minimum atomic E-state index is -0.133. The average Bonchev–Trinajstić information content (AvgIpc) is 2.84. The van der Waals surface area contributed by atoms with Crippen LogP contribution in [-0.2, 0) is 7.05 Å². The molecule has 0 aliphatic carbocycles. The van der Waals surface area contributed by atoms with E-state index in [1.807, 2.05) is 61.1 Å². The molecule has 3 nitrogen and oxygen atoms in total. The van der Waals surface area contributed by atoms with E-state index in [0.29, 0.717) is 10.6 Å². The highest BCUT2D eigenvalue weighted by atomic mass is 35.5. The number of fused-ring (bicyclic) bond motifs is 1. The first kappa shape index (κ1) is 13.7. The average molecular weight is 299 g/mol. The van der Waals surface area contributed by atoms with Crippen molar-refractivity contribution >= 4 is 34.1 Å².